The predicted octanol–water partition coefficient (Wildman–Crippen LogP) is 1.37. The van der Waals surface area contributed by atoms with E-state index >= 15 is 0 Å². The van der Waals surface area contributed by atoms with Crippen molar-refractivity contribution in [2.45, 2.75) is 31.7 Å². The SMILES string of the molecule is O=C(N/C=C/C1CC1)NC1CC1. The summed E-state index contributed by atoms with van der Waals surface area (Å²) in [5, 5.41) is 5.54. The quantitative estimate of drug-likeness (QED) is 0.653. The summed E-state index contributed by atoms with van der Waals surface area (Å²) in [6, 6.07) is 0.383. The lowest BCUT2D eigenvalue weighted by Gasteiger charge is -2.00. The molecule has 3 heteroatoms. The first kappa shape index (κ1) is 7.65. The molecule has 12 heavy (non-hydrogen) atoms. The lowest BCUT2D eigenvalue weighted by Crippen LogP contribution is -2.33. The molecule has 0 aromatic carbocycles. The molecular formula is C9H14N2O. The third-order valence-corrected chi connectivity index (χ3v) is 2.12. The van der Waals surface area contributed by atoms with Crippen molar-refractivity contribution < 1.29 is 4.79 Å². The van der Waals surface area contributed by atoms with Crippen molar-refractivity contribution in [3.8, 4) is 0 Å². The van der Waals surface area contributed by atoms with Crippen molar-refractivity contribution in [3.63, 3.8) is 0 Å². The van der Waals surface area contributed by atoms with E-state index in [9.17, 15) is 4.79 Å². The van der Waals surface area contributed by atoms with Crippen LogP contribution in [0.15, 0.2) is 12.3 Å². The zero-order valence-electron chi connectivity index (χ0n) is 7.05. The van der Waals surface area contributed by atoms with E-state index in [1.165, 1.54) is 12.8 Å². The Kier molecular flexibility index (Phi) is 2.02. The lowest BCUT2D eigenvalue weighted by molar-refractivity contribution is 0.243. The first-order valence-corrected chi connectivity index (χ1v) is 4.58. The second-order valence-electron chi connectivity index (χ2n) is 3.59. The second kappa shape index (κ2) is 3.17. The summed E-state index contributed by atoms with van der Waals surface area (Å²) in [6.45, 7) is 0. The van der Waals surface area contributed by atoms with Gasteiger partial charge in [0.05, 0.1) is 0 Å². The van der Waals surface area contributed by atoms with E-state index in [0.29, 0.717) is 6.04 Å². The van der Waals surface area contributed by atoms with Gasteiger partial charge >= 0.3 is 6.03 Å². The third-order valence-electron chi connectivity index (χ3n) is 2.12. The van der Waals surface area contributed by atoms with Gasteiger partial charge in [0.2, 0.25) is 0 Å². The molecule has 0 spiro atoms. The molecule has 0 bridgehead atoms. The summed E-state index contributed by atoms with van der Waals surface area (Å²) >= 11 is 0. The van der Waals surface area contributed by atoms with Crippen LogP contribution < -0.4 is 10.6 Å². The molecule has 0 aromatic rings. The highest BCUT2D eigenvalue weighted by atomic mass is 16.2. The average Bonchev–Trinajstić information content (AvgIpc) is 2.77. The standard InChI is InChI=1S/C9H14N2O/c12-9(11-8-3-4-8)10-6-5-7-1-2-7/h5-8H,1-4H2,(H2,10,11,12)/b6-5+. The molecule has 2 saturated carbocycles. The minimum Gasteiger partial charge on any atom is -0.335 e. The minimum absolute atomic E-state index is 0.0607. The number of carbonyl (C=O) groups excluding carboxylic acids is 1. The maximum absolute atomic E-state index is 11.0. The van der Waals surface area contributed by atoms with Crippen LogP contribution in [0.3, 0.4) is 0 Å². The van der Waals surface area contributed by atoms with Crippen LogP contribution in [0.5, 0.6) is 0 Å². The minimum atomic E-state index is -0.0607. The van der Waals surface area contributed by atoms with Gasteiger partial charge in [0.25, 0.3) is 0 Å². The van der Waals surface area contributed by atoms with Crippen molar-refractivity contribution in [2.24, 2.45) is 5.92 Å². The molecule has 0 aliphatic heterocycles. The number of hydrogen-bond acceptors (Lipinski definition) is 1. The second-order valence-corrected chi connectivity index (χ2v) is 3.59. The van der Waals surface area contributed by atoms with Crippen LogP contribution in [0.4, 0.5) is 4.79 Å². The largest absolute Gasteiger partial charge is 0.335 e. The Balaban J connectivity index is 1.60. The first-order valence-electron chi connectivity index (χ1n) is 4.58. The Morgan fingerprint density at radius 2 is 2.00 bits per heavy atom. The lowest BCUT2D eigenvalue weighted by atomic mass is 10.4. The molecule has 0 atom stereocenters. The molecule has 0 saturated heterocycles. The van der Waals surface area contributed by atoms with Gasteiger partial charge in [-0.1, -0.05) is 6.08 Å². The van der Waals surface area contributed by atoms with E-state index in [4.69, 9.17) is 0 Å². The number of allylic oxidation sites excluding steroid dienone is 1. The van der Waals surface area contributed by atoms with Gasteiger partial charge < -0.3 is 10.6 Å². The van der Waals surface area contributed by atoms with Crippen LogP contribution in [-0.4, -0.2) is 12.1 Å². The summed E-state index contributed by atoms with van der Waals surface area (Å²) in [4.78, 5) is 11.0. The highest BCUT2D eigenvalue weighted by Crippen LogP contribution is 2.29. The zero-order chi connectivity index (χ0) is 8.39. The zero-order valence-corrected chi connectivity index (χ0v) is 7.05. The molecule has 2 aliphatic rings. The van der Waals surface area contributed by atoms with Crippen LogP contribution in [0, 0.1) is 5.92 Å². The van der Waals surface area contributed by atoms with E-state index < -0.39 is 0 Å². The predicted molar refractivity (Wildman–Crippen MR) is 46.6 cm³/mol. The fourth-order valence-electron chi connectivity index (χ4n) is 1.00. The highest BCUT2D eigenvalue weighted by molar-refractivity contribution is 5.75. The maximum Gasteiger partial charge on any atom is 0.318 e. The molecule has 2 aliphatic carbocycles. The van der Waals surface area contributed by atoms with Gasteiger partial charge in [-0.25, -0.2) is 4.79 Å². The Hall–Kier alpha value is -0.990. The molecule has 2 rings (SSSR count). The van der Waals surface area contributed by atoms with Crippen molar-refractivity contribution in [1.82, 2.24) is 10.6 Å². The Bertz CT molecular complexity index is 205. The number of rotatable bonds is 3. The summed E-state index contributed by atoms with van der Waals surface area (Å²) < 4.78 is 0. The first-order chi connectivity index (χ1) is 5.84. The van der Waals surface area contributed by atoms with Gasteiger partial charge in [0.15, 0.2) is 0 Å². The molecule has 0 radical (unpaired) electrons. The summed E-state index contributed by atoms with van der Waals surface area (Å²) in [6.07, 6.45) is 8.66. The average molecular weight is 166 g/mol. The van der Waals surface area contributed by atoms with Crippen molar-refractivity contribution in [1.29, 1.82) is 0 Å². The van der Waals surface area contributed by atoms with E-state index in [1.54, 1.807) is 6.20 Å². The van der Waals surface area contributed by atoms with Crippen LogP contribution in [0.2, 0.25) is 0 Å². The van der Waals surface area contributed by atoms with Gasteiger partial charge in [-0.3, -0.25) is 0 Å². The molecule has 2 fully saturated rings. The maximum atomic E-state index is 11.0. The van der Waals surface area contributed by atoms with Crippen molar-refractivity contribution in [2.75, 3.05) is 0 Å². The smallest absolute Gasteiger partial charge is 0.318 e. The van der Waals surface area contributed by atoms with E-state index in [2.05, 4.69) is 16.7 Å². The van der Waals surface area contributed by atoms with Crippen LogP contribution in [0.25, 0.3) is 0 Å². The third kappa shape index (κ3) is 2.57. The molecule has 66 valence electrons. The van der Waals surface area contributed by atoms with Crippen molar-refractivity contribution in [3.05, 3.63) is 12.3 Å². The molecule has 0 heterocycles. The van der Waals surface area contributed by atoms with Crippen LogP contribution in [0.1, 0.15) is 25.7 Å². The van der Waals surface area contributed by atoms with Crippen LogP contribution >= 0.6 is 0 Å². The molecule has 3 nitrogen and oxygen atoms in total. The molecule has 2 amide bonds. The summed E-state index contributed by atoms with van der Waals surface area (Å²) in [7, 11) is 0. The van der Waals surface area contributed by atoms with Gasteiger partial charge in [0, 0.05) is 12.2 Å². The van der Waals surface area contributed by atoms with Gasteiger partial charge in [-0.2, -0.15) is 0 Å². The number of urea groups is 1. The fourth-order valence-corrected chi connectivity index (χ4v) is 1.00. The van der Waals surface area contributed by atoms with Gasteiger partial charge in [-0.15, -0.1) is 0 Å². The summed E-state index contributed by atoms with van der Waals surface area (Å²) in [5.41, 5.74) is 0. The number of carbonyl (C=O) groups is 1. The van der Waals surface area contributed by atoms with Gasteiger partial charge in [-0.05, 0) is 31.6 Å². The molecule has 2 N–H and O–H groups in total. The Labute approximate surface area is 72.2 Å². The van der Waals surface area contributed by atoms with E-state index in [-0.39, 0.29) is 6.03 Å². The monoisotopic (exact) mass is 166 g/mol. The van der Waals surface area contributed by atoms with Crippen molar-refractivity contribution >= 4 is 6.03 Å². The number of hydrogen-bond donors (Lipinski definition) is 2. The molecule has 0 aromatic heterocycles. The van der Waals surface area contributed by atoms with E-state index in [0.717, 1.165) is 18.8 Å². The normalized spacial score (nSPS) is 22.7. The number of nitrogens with one attached hydrogen (secondary N) is 2. The molecule has 0 unspecified atom stereocenters. The van der Waals surface area contributed by atoms with E-state index in [1.807, 2.05) is 0 Å². The summed E-state index contributed by atoms with van der Waals surface area (Å²) in [5.74, 6) is 0.728. The van der Waals surface area contributed by atoms with Crippen LogP contribution in [-0.2, 0) is 0 Å². The van der Waals surface area contributed by atoms with Gasteiger partial charge in [0.1, 0.15) is 0 Å². The Morgan fingerprint density at radius 1 is 1.25 bits per heavy atom. The topological polar surface area (TPSA) is 41.1 Å². The number of amides is 2. The fraction of sp³-hybridized carbons (Fsp3) is 0.667. The highest BCUT2D eigenvalue weighted by Gasteiger charge is 2.22. The Morgan fingerprint density at radius 3 is 2.58 bits per heavy atom. The molecular weight excluding hydrogens is 152 g/mol.